The third-order valence-electron chi connectivity index (χ3n) is 2.81. The molecule has 116 valence electrons. The van der Waals surface area contributed by atoms with Gasteiger partial charge in [-0.1, -0.05) is 19.1 Å². The lowest BCUT2D eigenvalue weighted by Crippen LogP contribution is -2.17. The third kappa shape index (κ3) is 4.91. The molecule has 0 fully saturated rings. The van der Waals surface area contributed by atoms with E-state index in [1.807, 2.05) is 12.1 Å². The van der Waals surface area contributed by atoms with Crippen LogP contribution in [0.5, 0.6) is 5.75 Å². The van der Waals surface area contributed by atoms with Crippen LogP contribution < -0.4 is 10.5 Å². The molecule has 0 radical (unpaired) electrons. The van der Waals surface area contributed by atoms with Crippen molar-refractivity contribution >= 4 is 23.7 Å². The van der Waals surface area contributed by atoms with E-state index in [9.17, 15) is 13.2 Å². The van der Waals surface area contributed by atoms with Gasteiger partial charge in [0.25, 0.3) is 0 Å². The minimum atomic E-state index is -4.67. The summed E-state index contributed by atoms with van der Waals surface area (Å²) in [6.45, 7) is 2.06. The Hall–Kier alpha value is -1.24. The fourth-order valence-corrected chi connectivity index (χ4v) is 2.78. The number of hydrogen-bond donors (Lipinski definition) is 1. The Morgan fingerprint density at radius 3 is 2.24 bits per heavy atom. The van der Waals surface area contributed by atoms with Crippen LogP contribution in [-0.4, -0.2) is 6.36 Å². The van der Waals surface area contributed by atoms with Gasteiger partial charge in [-0.3, -0.25) is 0 Å². The molecule has 2 rings (SSSR count). The summed E-state index contributed by atoms with van der Waals surface area (Å²) in [4.78, 5) is 2.22. The van der Waals surface area contributed by atoms with Gasteiger partial charge in [0.2, 0.25) is 0 Å². The highest BCUT2D eigenvalue weighted by Gasteiger charge is 2.31. The topological polar surface area (TPSA) is 35.2 Å². The van der Waals surface area contributed by atoms with E-state index in [1.165, 1.54) is 17.0 Å². The van der Waals surface area contributed by atoms with Gasteiger partial charge in [0.15, 0.2) is 0 Å². The van der Waals surface area contributed by atoms with E-state index in [0.717, 1.165) is 16.9 Å². The number of nitrogens with two attached hydrogens (primary N) is 1. The van der Waals surface area contributed by atoms with E-state index in [2.05, 4.69) is 11.7 Å². The molecule has 0 amide bonds. The molecule has 2 nitrogen and oxygen atoms in total. The minimum absolute atomic E-state index is 0. The predicted octanol–water partition coefficient (Wildman–Crippen LogP) is 4.68. The van der Waals surface area contributed by atoms with E-state index in [1.54, 1.807) is 23.5 Å². The normalized spacial score (nSPS) is 12.6. The van der Waals surface area contributed by atoms with Gasteiger partial charge >= 0.3 is 6.36 Å². The fourth-order valence-electron chi connectivity index (χ4n) is 1.79. The summed E-state index contributed by atoms with van der Waals surface area (Å²) >= 11 is 1.61. The number of ether oxygens (including phenoxy) is 1. The average Bonchev–Trinajstić information content (AvgIpc) is 2.85. The van der Waals surface area contributed by atoms with Gasteiger partial charge < -0.3 is 10.5 Å². The largest absolute Gasteiger partial charge is 0.573 e. The first kappa shape index (κ1) is 17.8. The van der Waals surface area contributed by atoms with E-state index in [-0.39, 0.29) is 24.2 Å². The molecule has 0 aliphatic rings. The quantitative estimate of drug-likeness (QED) is 0.879. The molecule has 0 aliphatic carbocycles. The Balaban J connectivity index is 0.00000220. The Morgan fingerprint density at radius 1 is 1.14 bits per heavy atom. The molecule has 2 N–H and O–H groups in total. The Bertz CT molecular complexity index is 568. The molecule has 0 saturated carbocycles. The van der Waals surface area contributed by atoms with Crippen LogP contribution in [0.4, 0.5) is 13.2 Å². The molecular formula is C14H15ClF3NOS. The van der Waals surface area contributed by atoms with E-state index in [4.69, 9.17) is 5.73 Å². The summed E-state index contributed by atoms with van der Waals surface area (Å²) in [5.41, 5.74) is 6.86. The number of halogens is 4. The first-order valence-electron chi connectivity index (χ1n) is 6.09. The number of hydrogen-bond acceptors (Lipinski definition) is 3. The summed E-state index contributed by atoms with van der Waals surface area (Å²) in [6.07, 6.45) is -3.73. The van der Waals surface area contributed by atoms with Crippen LogP contribution in [0.15, 0.2) is 36.4 Å². The van der Waals surface area contributed by atoms with Crippen molar-refractivity contribution in [3.8, 4) is 5.75 Å². The molecule has 1 aromatic carbocycles. The molecule has 0 bridgehead atoms. The minimum Gasteiger partial charge on any atom is -0.406 e. The molecule has 1 aromatic heterocycles. The lowest BCUT2D eigenvalue weighted by atomic mass is 10.1. The summed E-state index contributed by atoms with van der Waals surface area (Å²) in [5, 5.41) is 0. The number of thiophene rings is 1. The molecule has 7 heteroatoms. The van der Waals surface area contributed by atoms with Crippen LogP contribution >= 0.6 is 23.7 Å². The van der Waals surface area contributed by atoms with Gasteiger partial charge in [-0.2, -0.15) is 0 Å². The third-order valence-corrected chi connectivity index (χ3v) is 4.12. The Labute approximate surface area is 131 Å². The van der Waals surface area contributed by atoms with Crippen molar-refractivity contribution in [1.29, 1.82) is 0 Å². The zero-order valence-corrected chi connectivity index (χ0v) is 12.8. The van der Waals surface area contributed by atoms with Crippen LogP contribution in [0, 0.1) is 0 Å². The maximum Gasteiger partial charge on any atom is 0.573 e. The molecule has 0 spiro atoms. The Kier molecular flexibility index (Phi) is 6.07. The second kappa shape index (κ2) is 7.15. The lowest BCUT2D eigenvalue weighted by Gasteiger charge is -2.12. The zero-order chi connectivity index (χ0) is 14.8. The highest BCUT2D eigenvalue weighted by molar-refractivity contribution is 7.12. The summed E-state index contributed by atoms with van der Waals surface area (Å²) < 4.78 is 40.0. The van der Waals surface area contributed by atoms with E-state index in [0.29, 0.717) is 0 Å². The van der Waals surface area contributed by atoms with Crippen molar-refractivity contribution in [1.82, 2.24) is 0 Å². The van der Waals surface area contributed by atoms with Crippen molar-refractivity contribution in [3.05, 3.63) is 51.7 Å². The highest BCUT2D eigenvalue weighted by atomic mass is 35.5. The summed E-state index contributed by atoms with van der Waals surface area (Å²) in [7, 11) is 0. The van der Waals surface area contributed by atoms with Gasteiger partial charge in [0, 0.05) is 9.75 Å². The molecule has 0 unspecified atom stereocenters. The second-order valence-electron chi connectivity index (χ2n) is 4.25. The number of benzene rings is 1. The van der Waals surface area contributed by atoms with E-state index >= 15 is 0 Å². The zero-order valence-electron chi connectivity index (χ0n) is 11.2. The smallest absolute Gasteiger partial charge is 0.406 e. The van der Waals surface area contributed by atoms with Crippen LogP contribution in [0.25, 0.3) is 0 Å². The van der Waals surface area contributed by atoms with Crippen molar-refractivity contribution < 1.29 is 17.9 Å². The van der Waals surface area contributed by atoms with Crippen LogP contribution in [0.3, 0.4) is 0 Å². The van der Waals surface area contributed by atoms with Gasteiger partial charge in [0.1, 0.15) is 5.75 Å². The van der Waals surface area contributed by atoms with E-state index < -0.39 is 6.36 Å². The predicted molar refractivity (Wildman–Crippen MR) is 80.1 cm³/mol. The summed E-state index contributed by atoms with van der Waals surface area (Å²) in [5.74, 6) is -0.242. The standard InChI is InChI=1S/C14H14F3NOS.ClH/c1-2-11-7-8-12(20-11)13(18)9-3-5-10(6-4-9)19-14(15,16)17;/h3-8,13H,2,18H2,1H3;1H/t13-;/m0./s1. The molecule has 0 saturated heterocycles. The first-order valence-corrected chi connectivity index (χ1v) is 6.90. The summed E-state index contributed by atoms with van der Waals surface area (Å²) in [6, 6.07) is 9.29. The van der Waals surface area contributed by atoms with Gasteiger partial charge in [-0.05, 0) is 36.2 Å². The maximum absolute atomic E-state index is 12.1. The van der Waals surface area contributed by atoms with Crippen molar-refractivity contribution in [3.63, 3.8) is 0 Å². The monoisotopic (exact) mass is 337 g/mol. The average molecular weight is 338 g/mol. The van der Waals surface area contributed by atoms with Gasteiger partial charge in [-0.15, -0.1) is 36.9 Å². The SMILES string of the molecule is CCc1ccc([C@@H](N)c2ccc(OC(F)(F)F)cc2)s1.Cl. The van der Waals surface area contributed by atoms with Gasteiger partial charge in [-0.25, -0.2) is 0 Å². The van der Waals surface area contributed by atoms with Crippen LogP contribution in [0.1, 0.15) is 28.3 Å². The number of rotatable bonds is 4. The molecule has 2 aromatic rings. The molecule has 1 atom stereocenters. The van der Waals surface area contributed by atoms with Crippen molar-refractivity contribution in [2.75, 3.05) is 0 Å². The molecule has 21 heavy (non-hydrogen) atoms. The highest BCUT2D eigenvalue weighted by Crippen LogP contribution is 2.29. The Morgan fingerprint density at radius 2 is 1.76 bits per heavy atom. The molecular weight excluding hydrogens is 323 g/mol. The molecule has 1 heterocycles. The van der Waals surface area contributed by atoms with Gasteiger partial charge in [0.05, 0.1) is 6.04 Å². The van der Waals surface area contributed by atoms with Crippen molar-refractivity contribution in [2.45, 2.75) is 25.7 Å². The number of alkyl halides is 3. The van der Waals surface area contributed by atoms with Crippen molar-refractivity contribution in [2.24, 2.45) is 5.73 Å². The van der Waals surface area contributed by atoms with Crippen LogP contribution in [0.2, 0.25) is 0 Å². The van der Waals surface area contributed by atoms with Crippen LogP contribution in [-0.2, 0) is 6.42 Å². The maximum atomic E-state index is 12.1. The second-order valence-corrected chi connectivity index (χ2v) is 5.45. The fraction of sp³-hybridized carbons (Fsp3) is 0.286. The first-order chi connectivity index (χ1) is 9.39. The molecule has 0 aliphatic heterocycles. The lowest BCUT2D eigenvalue weighted by molar-refractivity contribution is -0.274. The number of aryl methyl sites for hydroxylation is 1.